The molecule has 9 nitrogen and oxygen atoms in total. The van der Waals surface area contributed by atoms with Crippen molar-refractivity contribution in [2.45, 2.75) is 18.9 Å². The number of amides is 1. The van der Waals surface area contributed by atoms with Crippen LogP contribution in [0.1, 0.15) is 35.2 Å². The van der Waals surface area contributed by atoms with Crippen LogP contribution in [-0.4, -0.2) is 53.4 Å². The first-order valence-electron chi connectivity index (χ1n) is 13.3. The van der Waals surface area contributed by atoms with E-state index in [-0.39, 0.29) is 18.2 Å². The highest BCUT2D eigenvalue weighted by atomic mass is 16.5. The molecule has 4 aromatic rings. The van der Waals surface area contributed by atoms with E-state index in [4.69, 9.17) is 14.2 Å². The largest absolute Gasteiger partial charge is 0.489 e. The second kappa shape index (κ2) is 9.74. The molecule has 1 amide bonds. The van der Waals surface area contributed by atoms with Crippen LogP contribution < -0.4 is 19.7 Å². The number of hydrogen-bond acceptors (Lipinski definition) is 7. The zero-order chi connectivity index (χ0) is 26.2. The van der Waals surface area contributed by atoms with Gasteiger partial charge in [-0.05, 0) is 49.2 Å². The first kappa shape index (κ1) is 23.7. The summed E-state index contributed by atoms with van der Waals surface area (Å²) >= 11 is 0. The Kier molecular flexibility index (Phi) is 5.93. The van der Waals surface area contributed by atoms with E-state index in [1.54, 1.807) is 24.5 Å². The van der Waals surface area contributed by atoms with Crippen molar-refractivity contribution in [1.29, 1.82) is 0 Å². The monoisotopic (exact) mass is 523 g/mol. The molecule has 0 bridgehead atoms. The number of nitrogens with one attached hydrogen (secondary N) is 1. The average molecular weight is 524 g/mol. The van der Waals surface area contributed by atoms with Crippen molar-refractivity contribution in [3.8, 4) is 22.9 Å². The fourth-order valence-corrected chi connectivity index (χ4v) is 5.67. The van der Waals surface area contributed by atoms with Gasteiger partial charge in [-0.2, -0.15) is 0 Å². The molecular formula is C30H29N5O4. The van der Waals surface area contributed by atoms with Crippen LogP contribution in [0.25, 0.3) is 5.69 Å². The van der Waals surface area contributed by atoms with E-state index in [9.17, 15) is 4.79 Å². The van der Waals surface area contributed by atoms with E-state index in [2.05, 4.69) is 32.3 Å². The average Bonchev–Trinajstić information content (AvgIpc) is 3.40. The molecule has 198 valence electrons. The highest BCUT2D eigenvalue weighted by Gasteiger charge is 2.44. The van der Waals surface area contributed by atoms with Gasteiger partial charge in [0.15, 0.2) is 0 Å². The lowest BCUT2D eigenvalue weighted by molar-refractivity contribution is -0.000195. The van der Waals surface area contributed by atoms with Crippen LogP contribution in [0, 0.1) is 5.41 Å². The van der Waals surface area contributed by atoms with Gasteiger partial charge in [-0.1, -0.05) is 18.2 Å². The molecule has 2 aromatic heterocycles. The molecule has 2 fully saturated rings. The predicted octanol–water partition coefficient (Wildman–Crippen LogP) is 4.54. The second-order valence-corrected chi connectivity index (χ2v) is 10.4. The number of hydrogen-bond donors (Lipinski definition) is 1. The minimum absolute atomic E-state index is 0.252. The number of aromatic nitrogens is 3. The number of rotatable bonds is 5. The maximum Gasteiger partial charge on any atom is 0.270 e. The minimum atomic E-state index is -0.460. The summed E-state index contributed by atoms with van der Waals surface area (Å²) in [6, 6.07) is 18.6. The molecule has 7 rings (SSSR count). The van der Waals surface area contributed by atoms with Gasteiger partial charge in [0.25, 0.3) is 5.91 Å². The highest BCUT2D eigenvalue weighted by molar-refractivity contribution is 5.92. The lowest BCUT2D eigenvalue weighted by Gasteiger charge is -2.53. The number of imidazole rings is 1. The van der Waals surface area contributed by atoms with Gasteiger partial charge in [0.2, 0.25) is 0 Å². The van der Waals surface area contributed by atoms with E-state index in [0.717, 1.165) is 56.3 Å². The van der Waals surface area contributed by atoms with Crippen LogP contribution in [-0.2, 0) is 4.74 Å². The summed E-state index contributed by atoms with van der Waals surface area (Å²) in [5.74, 6) is 2.36. The Balaban J connectivity index is 1.09. The third kappa shape index (κ3) is 4.59. The maximum atomic E-state index is 13.2. The van der Waals surface area contributed by atoms with Crippen molar-refractivity contribution < 1.29 is 19.0 Å². The molecule has 3 aliphatic heterocycles. The van der Waals surface area contributed by atoms with Gasteiger partial charge in [-0.3, -0.25) is 14.3 Å². The van der Waals surface area contributed by atoms with Gasteiger partial charge in [0.1, 0.15) is 41.4 Å². The Bertz CT molecular complexity index is 1490. The normalized spacial score (nSPS) is 19.2. The second-order valence-electron chi connectivity index (χ2n) is 10.4. The Morgan fingerprint density at radius 3 is 2.67 bits per heavy atom. The molecule has 1 atom stereocenters. The number of benzene rings is 2. The van der Waals surface area contributed by atoms with Crippen molar-refractivity contribution in [3.05, 3.63) is 90.8 Å². The molecule has 0 aliphatic carbocycles. The van der Waals surface area contributed by atoms with Crippen LogP contribution in [0.5, 0.6) is 17.2 Å². The number of carbonyl (C=O) groups is 1. The van der Waals surface area contributed by atoms with E-state index in [0.29, 0.717) is 22.7 Å². The summed E-state index contributed by atoms with van der Waals surface area (Å²) in [6.45, 7) is 4.06. The minimum Gasteiger partial charge on any atom is -0.489 e. The van der Waals surface area contributed by atoms with E-state index in [1.165, 1.54) is 0 Å². The highest BCUT2D eigenvalue weighted by Crippen LogP contribution is 2.43. The van der Waals surface area contributed by atoms with E-state index >= 15 is 0 Å². The van der Waals surface area contributed by atoms with Gasteiger partial charge < -0.3 is 24.4 Å². The first-order valence-corrected chi connectivity index (χ1v) is 13.3. The van der Waals surface area contributed by atoms with Crippen molar-refractivity contribution in [3.63, 3.8) is 0 Å². The standard InChI is InChI=1S/C30H29N5O4/c36-29(24-17-23(8-11-31-24)39-22-4-2-1-3-5-22)33-25-18-38-27-7-6-21(16-26(27)35-13-12-32-28(25)35)34-19-30(20-34)9-14-37-15-10-30/h1-8,11-13,16-17,25H,9-10,14-15,18-20H2,(H,33,36)/t25-/m0/s1. The van der Waals surface area contributed by atoms with Crippen LogP contribution in [0.15, 0.2) is 79.3 Å². The summed E-state index contributed by atoms with van der Waals surface area (Å²) in [5, 5.41) is 3.05. The quantitative estimate of drug-likeness (QED) is 0.411. The number of anilines is 1. The molecule has 2 aromatic carbocycles. The number of ether oxygens (including phenoxy) is 3. The Hall–Kier alpha value is -4.37. The number of fused-ring (bicyclic) bond motifs is 3. The molecule has 0 unspecified atom stereocenters. The number of carbonyl (C=O) groups excluding carboxylic acids is 1. The molecule has 0 radical (unpaired) electrons. The van der Waals surface area contributed by atoms with E-state index in [1.807, 2.05) is 47.2 Å². The van der Waals surface area contributed by atoms with E-state index < -0.39 is 6.04 Å². The molecule has 9 heteroatoms. The summed E-state index contributed by atoms with van der Waals surface area (Å²) < 4.78 is 19.6. The molecule has 2 saturated heterocycles. The number of nitrogens with zero attached hydrogens (tertiary/aromatic N) is 4. The molecular weight excluding hydrogens is 494 g/mol. The Morgan fingerprint density at radius 1 is 0.974 bits per heavy atom. The molecule has 0 saturated carbocycles. The lowest BCUT2D eigenvalue weighted by atomic mass is 9.73. The van der Waals surface area contributed by atoms with Crippen LogP contribution >= 0.6 is 0 Å². The lowest BCUT2D eigenvalue weighted by Crippen LogP contribution is -2.58. The molecule has 1 N–H and O–H groups in total. The topological polar surface area (TPSA) is 90.7 Å². The molecule has 5 heterocycles. The Morgan fingerprint density at radius 2 is 1.82 bits per heavy atom. The Labute approximate surface area is 226 Å². The summed E-state index contributed by atoms with van der Waals surface area (Å²) in [7, 11) is 0. The molecule has 3 aliphatic rings. The fraction of sp³-hybridized carbons (Fsp3) is 0.300. The van der Waals surface area contributed by atoms with Crippen molar-refractivity contribution >= 4 is 11.6 Å². The number of para-hydroxylation sites is 1. The van der Waals surface area contributed by atoms with Crippen molar-refractivity contribution in [1.82, 2.24) is 19.9 Å². The summed E-state index contributed by atoms with van der Waals surface area (Å²) in [5.41, 5.74) is 2.72. The molecule has 39 heavy (non-hydrogen) atoms. The SMILES string of the molecule is O=C(N[C@H]1COc2ccc(N3CC4(CCOCC4)C3)cc2-n2ccnc21)c1cc(Oc2ccccc2)ccn1. The van der Waals surface area contributed by atoms with Gasteiger partial charge in [0, 0.05) is 62.1 Å². The molecule has 1 spiro atoms. The van der Waals surface area contributed by atoms with Gasteiger partial charge in [0.05, 0.1) is 5.69 Å². The fourth-order valence-electron chi connectivity index (χ4n) is 5.67. The predicted molar refractivity (Wildman–Crippen MR) is 145 cm³/mol. The van der Waals surface area contributed by atoms with Gasteiger partial charge >= 0.3 is 0 Å². The third-order valence-corrected chi connectivity index (χ3v) is 7.81. The number of pyridine rings is 1. The zero-order valence-corrected chi connectivity index (χ0v) is 21.5. The summed E-state index contributed by atoms with van der Waals surface area (Å²) in [6.07, 6.45) is 7.48. The van der Waals surface area contributed by atoms with Crippen LogP contribution in [0.2, 0.25) is 0 Å². The first-order chi connectivity index (χ1) is 19.2. The van der Waals surface area contributed by atoms with Crippen molar-refractivity contribution in [2.24, 2.45) is 5.41 Å². The third-order valence-electron chi connectivity index (χ3n) is 7.81. The smallest absolute Gasteiger partial charge is 0.270 e. The van der Waals surface area contributed by atoms with Gasteiger partial charge in [-0.25, -0.2) is 4.98 Å². The zero-order valence-electron chi connectivity index (χ0n) is 21.5. The van der Waals surface area contributed by atoms with Crippen LogP contribution in [0.4, 0.5) is 5.69 Å². The van der Waals surface area contributed by atoms with Gasteiger partial charge in [-0.15, -0.1) is 0 Å². The maximum absolute atomic E-state index is 13.2. The van der Waals surface area contributed by atoms with Crippen molar-refractivity contribution in [2.75, 3.05) is 37.8 Å². The summed E-state index contributed by atoms with van der Waals surface area (Å²) in [4.78, 5) is 24.5. The van der Waals surface area contributed by atoms with Crippen LogP contribution in [0.3, 0.4) is 0 Å².